The van der Waals surface area contributed by atoms with Gasteiger partial charge in [-0.25, -0.2) is 0 Å². The average molecular weight is 305 g/mol. The van der Waals surface area contributed by atoms with Gasteiger partial charge in [0.25, 0.3) is 0 Å². The number of likely N-dealkylation sites (tertiary alicyclic amines) is 1. The zero-order valence-electron chi connectivity index (χ0n) is 13.8. The van der Waals surface area contributed by atoms with Crippen LogP contribution in [0, 0.1) is 11.8 Å². The van der Waals surface area contributed by atoms with E-state index in [-0.39, 0.29) is 18.4 Å². The van der Waals surface area contributed by atoms with Crippen LogP contribution in [-0.2, 0) is 4.79 Å². The summed E-state index contributed by atoms with van der Waals surface area (Å²) >= 11 is 0. The summed E-state index contributed by atoms with van der Waals surface area (Å²) in [5.74, 6) is 0.672. The normalized spacial score (nSPS) is 21.4. The fraction of sp³-hybridized carbons (Fsp3) is 0.588. The van der Waals surface area contributed by atoms with Gasteiger partial charge in [0.15, 0.2) is 0 Å². The quantitative estimate of drug-likeness (QED) is 0.842. The van der Waals surface area contributed by atoms with Crippen LogP contribution in [0.1, 0.15) is 0 Å². The first-order chi connectivity index (χ1) is 10.5. The van der Waals surface area contributed by atoms with Crippen molar-refractivity contribution in [3.05, 3.63) is 30.3 Å². The molecule has 2 rings (SSSR count). The number of carbonyl (C=O) groups excluding carboxylic acids is 1. The molecule has 2 atom stereocenters. The summed E-state index contributed by atoms with van der Waals surface area (Å²) in [5, 5.41) is 9.54. The summed E-state index contributed by atoms with van der Waals surface area (Å²) in [6.45, 7) is 2.83. The van der Waals surface area contributed by atoms with E-state index in [2.05, 4.69) is 4.90 Å². The Morgan fingerprint density at radius 1 is 1.18 bits per heavy atom. The van der Waals surface area contributed by atoms with Gasteiger partial charge in [0, 0.05) is 44.9 Å². The Bertz CT molecular complexity index is 478. The SMILES string of the molecule is CN(C)C[C@@H]1CN(C(=O)CN(C)c2ccccc2)C[C@@H]1CO. The highest BCUT2D eigenvalue weighted by Crippen LogP contribution is 2.24. The highest BCUT2D eigenvalue weighted by Gasteiger charge is 2.35. The second-order valence-electron chi connectivity index (χ2n) is 6.46. The van der Waals surface area contributed by atoms with Gasteiger partial charge in [0.1, 0.15) is 0 Å². The van der Waals surface area contributed by atoms with Crippen LogP contribution in [0.15, 0.2) is 30.3 Å². The molecule has 0 aliphatic carbocycles. The minimum Gasteiger partial charge on any atom is -0.396 e. The Hall–Kier alpha value is -1.59. The van der Waals surface area contributed by atoms with E-state index >= 15 is 0 Å². The molecule has 0 aromatic heterocycles. The largest absolute Gasteiger partial charge is 0.396 e. The molecule has 0 radical (unpaired) electrons. The van der Waals surface area contributed by atoms with E-state index in [1.807, 2.05) is 61.3 Å². The van der Waals surface area contributed by atoms with Crippen molar-refractivity contribution in [3.8, 4) is 0 Å². The van der Waals surface area contributed by atoms with Crippen molar-refractivity contribution in [2.45, 2.75) is 0 Å². The third kappa shape index (κ3) is 4.21. The first kappa shape index (κ1) is 16.8. The van der Waals surface area contributed by atoms with Crippen LogP contribution in [-0.4, -0.2) is 74.7 Å². The standard InChI is InChI=1S/C17H27N3O2/c1-18(2)9-14-10-20(11-15(14)13-21)17(22)12-19(3)16-7-5-4-6-8-16/h4-8,14-15,21H,9-13H2,1-3H3/t14-,15-/m1/s1. The van der Waals surface area contributed by atoms with Gasteiger partial charge in [-0.1, -0.05) is 18.2 Å². The molecule has 0 unspecified atom stereocenters. The number of hydrogen-bond donors (Lipinski definition) is 1. The van der Waals surface area contributed by atoms with Crippen LogP contribution >= 0.6 is 0 Å². The van der Waals surface area contributed by atoms with Gasteiger partial charge in [0.05, 0.1) is 6.54 Å². The van der Waals surface area contributed by atoms with E-state index < -0.39 is 0 Å². The van der Waals surface area contributed by atoms with Crippen LogP contribution in [0.25, 0.3) is 0 Å². The third-order valence-electron chi connectivity index (χ3n) is 4.33. The van der Waals surface area contributed by atoms with Crippen LogP contribution in [0.5, 0.6) is 0 Å². The summed E-state index contributed by atoms with van der Waals surface area (Å²) in [4.78, 5) is 18.5. The molecule has 0 saturated carbocycles. The van der Waals surface area contributed by atoms with Crippen LogP contribution < -0.4 is 4.90 Å². The van der Waals surface area contributed by atoms with Gasteiger partial charge in [-0.05, 0) is 32.1 Å². The number of benzene rings is 1. The van der Waals surface area contributed by atoms with Crippen molar-refractivity contribution in [1.82, 2.24) is 9.80 Å². The Morgan fingerprint density at radius 2 is 1.82 bits per heavy atom. The molecule has 1 N–H and O–H groups in total. The predicted octanol–water partition coefficient (Wildman–Crippen LogP) is 0.751. The molecule has 1 amide bonds. The minimum atomic E-state index is 0.131. The zero-order chi connectivity index (χ0) is 16.1. The number of nitrogens with zero attached hydrogens (tertiary/aromatic N) is 3. The lowest BCUT2D eigenvalue weighted by Gasteiger charge is -2.23. The summed E-state index contributed by atoms with van der Waals surface area (Å²) in [6, 6.07) is 9.92. The monoisotopic (exact) mass is 305 g/mol. The fourth-order valence-electron chi connectivity index (χ4n) is 3.10. The van der Waals surface area contributed by atoms with Crippen molar-refractivity contribution in [2.24, 2.45) is 11.8 Å². The number of para-hydroxylation sites is 1. The zero-order valence-corrected chi connectivity index (χ0v) is 13.8. The second kappa shape index (κ2) is 7.61. The minimum absolute atomic E-state index is 0.131. The number of hydrogen-bond acceptors (Lipinski definition) is 4. The first-order valence-corrected chi connectivity index (χ1v) is 7.80. The molecule has 1 fully saturated rings. The Balaban J connectivity index is 1.93. The number of anilines is 1. The Morgan fingerprint density at radius 3 is 2.41 bits per heavy atom. The smallest absolute Gasteiger partial charge is 0.242 e. The van der Waals surface area contributed by atoms with Gasteiger partial charge in [-0.2, -0.15) is 0 Å². The maximum absolute atomic E-state index is 12.5. The number of aliphatic hydroxyl groups is 1. The number of likely N-dealkylation sites (N-methyl/N-ethyl adjacent to an activating group) is 1. The van der Waals surface area contributed by atoms with E-state index in [9.17, 15) is 9.90 Å². The van der Waals surface area contributed by atoms with E-state index in [0.29, 0.717) is 19.0 Å². The van der Waals surface area contributed by atoms with Gasteiger partial charge in [0.2, 0.25) is 5.91 Å². The number of amides is 1. The van der Waals surface area contributed by atoms with E-state index in [1.165, 1.54) is 0 Å². The first-order valence-electron chi connectivity index (χ1n) is 7.80. The molecule has 1 aliphatic rings. The number of carbonyl (C=O) groups is 1. The van der Waals surface area contributed by atoms with Crippen LogP contribution in [0.2, 0.25) is 0 Å². The summed E-state index contributed by atoms with van der Waals surface area (Å²) in [5.41, 5.74) is 1.04. The van der Waals surface area contributed by atoms with Crippen LogP contribution in [0.4, 0.5) is 5.69 Å². The molecule has 5 heteroatoms. The maximum atomic E-state index is 12.5. The topological polar surface area (TPSA) is 47.0 Å². The van der Waals surface area contributed by atoms with Crippen molar-refractivity contribution in [3.63, 3.8) is 0 Å². The average Bonchev–Trinajstić information content (AvgIpc) is 2.90. The van der Waals surface area contributed by atoms with Crippen molar-refractivity contribution in [1.29, 1.82) is 0 Å². The molecule has 5 nitrogen and oxygen atoms in total. The van der Waals surface area contributed by atoms with Crippen LogP contribution in [0.3, 0.4) is 0 Å². The Labute approximate surface area is 133 Å². The molecule has 0 spiro atoms. The number of aliphatic hydroxyl groups excluding tert-OH is 1. The molecule has 1 heterocycles. The van der Waals surface area contributed by atoms with Crippen molar-refractivity contribution >= 4 is 11.6 Å². The fourth-order valence-corrected chi connectivity index (χ4v) is 3.10. The molecule has 1 saturated heterocycles. The lowest BCUT2D eigenvalue weighted by Crippen LogP contribution is -2.38. The summed E-state index contributed by atoms with van der Waals surface area (Å²) in [6.07, 6.45) is 0. The molecule has 1 aliphatic heterocycles. The van der Waals surface area contributed by atoms with Gasteiger partial charge < -0.3 is 19.8 Å². The third-order valence-corrected chi connectivity index (χ3v) is 4.33. The van der Waals surface area contributed by atoms with Crippen molar-refractivity contribution in [2.75, 3.05) is 58.8 Å². The molecule has 1 aromatic rings. The highest BCUT2D eigenvalue weighted by atomic mass is 16.3. The van der Waals surface area contributed by atoms with Gasteiger partial charge in [-0.3, -0.25) is 4.79 Å². The van der Waals surface area contributed by atoms with E-state index in [0.717, 1.165) is 18.8 Å². The van der Waals surface area contributed by atoms with E-state index in [4.69, 9.17) is 0 Å². The molecular weight excluding hydrogens is 278 g/mol. The van der Waals surface area contributed by atoms with Gasteiger partial charge >= 0.3 is 0 Å². The molecule has 122 valence electrons. The predicted molar refractivity (Wildman–Crippen MR) is 88.9 cm³/mol. The molecular formula is C17H27N3O2. The maximum Gasteiger partial charge on any atom is 0.242 e. The second-order valence-corrected chi connectivity index (χ2v) is 6.46. The lowest BCUT2D eigenvalue weighted by atomic mass is 9.97. The Kier molecular flexibility index (Phi) is 5.80. The summed E-state index contributed by atoms with van der Waals surface area (Å²) < 4.78 is 0. The highest BCUT2D eigenvalue weighted by molar-refractivity contribution is 5.81. The van der Waals surface area contributed by atoms with E-state index in [1.54, 1.807) is 0 Å². The lowest BCUT2D eigenvalue weighted by molar-refractivity contribution is -0.128. The number of rotatable bonds is 6. The van der Waals surface area contributed by atoms with Gasteiger partial charge in [-0.15, -0.1) is 0 Å². The van der Waals surface area contributed by atoms with Crippen molar-refractivity contribution < 1.29 is 9.90 Å². The summed E-state index contributed by atoms with van der Waals surface area (Å²) in [7, 11) is 5.99. The molecule has 0 bridgehead atoms. The molecule has 1 aromatic carbocycles. The molecule has 22 heavy (non-hydrogen) atoms.